The van der Waals surface area contributed by atoms with Crippen molar-refractivity contribution in [3.8, 4) is 0 Å². The van der Waals surface area contributed by atoms with Crippen LogP contribution >= 0.6 is 0 Å². The van der Waals surface area contributed by atoms with E-state index in [-0.39, 0.29) is 12.1 Å². The number of hydrogen-bond acceptors (Lipinski definition) is 2. The van der Waals surface area contributed by atoms with E-state index in [2.05, 4.69) is 29.4 Å². The van der Waals surface area contributed by atoms with Gasteiger partial charge >= 0.3 is 0 Å². The number of nitrogens with one attached hydrogen (secondary N) is 1. The number of rotatable bonds is 2. The van der Waals surface area contributed by atoms with Gasteiger partial charge in [-0.2, -0.15) is 0 Å². The average Bonchev–Trinajstić information content (AvgIpc) is 2.61. The van der Waals surface area contributed by atoms with Crippen LogP contribution in [0.1, 0.15) is 25.5 Å². The third kappa shape index (κ3) is 2.12. The van der Waals surface area contributed by atoms with Crippen LogP contribution in [0, 0.1) is 0 Å². The summed E-state index contributed by atoms with van der Waals surface area (Å²) in [6.07, 6.45) is 0.0801. The molecule has 0 bridgehead atoms. The molecule has 1 heterocycles. The number of aliphatic imine (C=N–C) groups is 1. The molecule has 1 aliphatic heterocycles. The zero-order valence-electron chi connectivity index (χ0n) is 9.10. The largest absolute Gasteiger partial charge is 0.455 e. The zero-order valence-corrected chi connectivity index (χ0v) is 9.10. The van der Waals surface area contributed by atoms with Gasteiger partial charge in [-0.1, -0.05) is 30.3 Å². The van der Waals surface area contributed by atoms with Crippen molar-refractivity contribution in [1.82, 2.24) is 5.32 Å². The van der Waals surface area contributed by atoms with Crippen molar-refractivity contribution in [3.05, 3.63) is 35.9 Å². The molecule has 0 aliphatic carbocycles. The van der Waals surface area contributed by atoms with Crippen molar-refractivity contribution in [1.29, 1.82) is 0 Å². The Labute approximate surface area is 90.2 Å². The Kier molecular flexibility index (Phi) is 2.90. The Morgan fingerprint density at radius 2 is 2.07 bits per heavy atom. The van der Waals surface area contributed by atoms with E-state index in [1.165, 1.54) is 5.56 Å². The van der Waals surface area contributed by atoms with E-state index >= 15 is 0 Å². The molecule has 80 valence electrons. The Hall–Kier alpha value is -1.51. The summed E-state index contributed by atoms with van der Waals surface area (Å²) in [5.74, 6) is 0. The van der Waals surface area contributed by atoms with Gasteiger partial charge in [0.1, 0.15) is 6.10 Å². The summed E-state index contributed by atoms with van der Waals surface area (Å²) < 4.78 is 5.74. The number of benzene rings is 1. The topological polar surface area (TPSA) is 33.6 Å². The third-order valence-corrected chi connectivity index (χ3v) is 2.47. The molecule has 1 saturated heterocycles. The van der Waals surface area contributed by atoms with Crippen LogP contribution in [0.2, 0.25) is 0 Å². The molecule has 15 heavy (non-hydrogen) atoms. The monoisotopic (exact) mass is 204 g/mol. The van der Waals surface area contributed by atoms with Gasteiger partial charge < -0.3 is 10.1 Å². The minimum absolute atomic E-state index is 0.0801. The number of amidine groups is 1. The first-order valence-electron chi connectivity index (χ1n) is 5.34. The summed E-state index contributed by atoms with van der Waals surface area (Å²) in [5, 5.41) is 3.23. The molecule has 0 spiro atoms. The highest BCUT2D eigenvalue weighted by atomic mass is 16.5. The van der Waals surface area contributed by atoms with Crippen LogP contribution in [0.3, 0.4) is 0 Å². The highest BCUT2D eigenvalue weighted by molar-refractivity contribution is 5.76. The van der Waals surface area contributed by atoms with Gasteiger partial charge in [0.05, 0.1) is 6.04 Å². The highest BCUT2D eigenvalue weighted by Gasteiger charge is 2.29. The molecule has 2 unspecified atom stereocenters. The van der Waals surface area contributed by atoms with Gasteiger partial charge in [0, 0.05) is 6.54 Å². The van der Waals surface area contributed by atoms with Gasteiger partial charge in [0.25, 0.3) is 6.02 Å². The van der Waals surface area contributed by atoms with Crippen molar-refractivity contribution in [2.24, 2.45) is 4.99 Å². The summed E-state index contributed by atoms with van der Waals surface area (Å²) in [5.41, 5.74) is 1.19. The molecule has 1 fully saturated rings. The number of nitrogens with zero attached hydrogens (tertiary/aromatic N) is 1. The van der Waals surface area contributed by atoms with Crippen LogP contribution in [0.15, 0.2) is 35.3 Å². The second-order valence-electron chi connectivity index (χ2n) is 3.66. The van der Waals surface area contributed by atoms with Gasteiger partial charge in [0.15, 0.2) is 0 Å². The second-order valence-corrected chi connectivity index (χ2v) is 3.66. The van der Waals surface area contributed by atoms with E-state index < -0.39 is 0 Å². The lowest BCUT2D eigenvalue weighted by molar-refractivity contribution is 0.209. The Balaban J connectivity index is 2.15. The predicted molar refractivity (Wildman–Crippen MR) is 60.8 cm³/mol. The molecule has 1 aliphatic rings. The maximum Gasteiger partial charge on any atom is 0.285 e. The van der Waals surface area contributed by atoms with Crippen molar-refractivity contribution in [2.45, 2.75) is 26.0 Å². The summed E-state index contributed by atoms with van der Waals surface area (Å²) in [7, 11) is 0. The first-order valence-corrected chi connectivity index (χ1v) is 5.34. The van der Waals surface area contributed by atoms with Gasteiger partial charge in [-0.25, -0.2) is 4.99 Å². The molecule has 0 aromatic heterocycles. The number of hydrogen-bond donors (Lipinski definition) is 1. The van der Waals surface area contributed by atoms with E-state index in [1.54, 1.807) is 0 Å². The fraction of sp³-hybridized carbons (Fsp3) is 0.417. The van der Waals surface area contributed by atoms with Gasteiger partial charge in [0.2, 0.25) is 0 Å². The molecule has 1 aromatic carbocycles. The van der Waals surface area contributed by atoms with E-state index in [0.29, 0.717) is 6.02 Å². The smallest absolute Gasteiger partial charge is 0.285 e. The molecule has 0 saturated carbocycles. The van der Waals surface area contributed by atoms with Gasteiger partial charge in [-0.3, -0.25) is 0 Å². The van der Waals surface area contributed by atoms with Crippen molar-refractivity contribution >= 4 is 6.02 Å². The van der Waals surface area contributed by atoms with E-state index in [4.69, 9.17) is 4.74 Å². The molecule has 1 N–H and O–H groups in total. The summed E-state index contributed by atoms with van der Waals surface area (Å²) >= 11 is 0. The Morgan fingerprint density at radius 3 is 2.73 bits per heavy atom. The molecule has 2 rings (SSSR count). The van der Waals surface area contributed by atoms with E-state index in [0.717, 1.165) is 6.54 Å². The molecule has 3 heteroatoms. The van der Waals surface area contributed by atoms with Crippen LogP contribution in [0.4, 0.5) is 0 Å². The Bertz CT molecular complexity index is 348. The van der Waals surface area contributed by atoms with Crippen molar-refractivity contribution in [3.63, 3.8) is 0 Å². The molecular weight excluding hydrogens is 188 g/mol. The summed E-state index contributed by atoms with van der Waals surface area (Å²) in [6.45, 7) is 4.85. The van der Waals surface area contributed by atoms with Crippen LogP contribution in [-0.4, -0.2) is 18.6 Å². The molecule has 0 radical (unpaired) electrons. The quantitative estimate of drug-likeness (QED) is 0.800. The van der Waals surface area contributed by atoms with E-state index in [9.17, 15) is 0 Å². The zero-order chi connectivity index (χ0) is 10.7. The minimum atomic E-state index is 0.0801. The fourth-order valence-corrected chi connectivity index (χ4v) is 1.75. The van der Waals surface area contributed by atoms with Crippen LogP contribution in [-0.2, 0) is 4.74 Å². The molecule has 3 nitrogen and oxygen atoms in total. The van der Waals surface area contributed by atoms with E-state index in [1.807, 2.05) is 25.1 Å². The van der Waals surface area contributed by atoms with Crippen LogP contribution in [0.25, 0.3) is 0 Å². The fourth-order valence-electron chi connectivity index (χ4n) is 1.75. The molecule has 1 aromatic rings. The van der Waals surface area contributed by atoms with Gasteiger partial charge in [-0.05, 0) is 19.4 Å². The lowest BCUT2D eigenvalue weighted by atomic mass is 10.0. The van der Waals surface area contributed by atoms with Gasteiger partial charge in [-0.15, -0.1) is 0 Å². The summed E-state index contributed by atoms with van der Waals surface area (Å²) in [6, 6.07) is 11.2. The summed E-state index contributed by atoms with van der Waals surface area (Å²) in [4.78, 5) is 4.23. The average molecular weight is 204 g/mol. The van der Waals surface area contributed by atoms with Crippen molar-refractivity contribution in [2.75, 3.05) is 6.54 Å². The second kappa shape index (κ2) is 4.34. The maximum absolute atomic E-state index is 5.74. The lowest BCUT2D eigenvalue weighted by Crippen LogP contribution is -2.25. The molecule has 0 amide bonds. The van der Waals surface area contributed by atoms with Crippen LogP contribution < -0.4 is 5.32 Å². The van der Waals surface area contributed by atoms with Crippen LogP contribution in [0.5, 0.6) is 0 Å². The first-order chi connectivity index (χ1) is 7.31. The standard InChI is InChI=1S/C12H16N2O/c1-3-13-12-14-9(2)11(15-12)10-7-5-4-6-8-10/h4-9,11H,3H2,1-2H3,(H,13,14). The molecule has 2 atom stereocenters. The molecular formula is C12H16N2O. The number of ether oxygens (including phenoxy) is 1. The van der Waals surface area contributed by atoms with Crippen molar-refractivity contribution < 1.29 is 4.74 Å². The predicted octanol–water partition coefficient (Wildman–Crippen LogP) is 2.11. The first kappa shape index (κ1) is 10.0. The normalized spacial score (nSPS) is 27.5. The third-order valence-electron chi connectivity index (χ3n) is 2.47. The SMILES string of the molecule is CCN=C1NC(C)C(c2ccccc2)O1. The lowest BCUT2D eigenvalue weighted by Gasteiger charge is -2.12. The maximum atomic E-state index is 5.74. The minimum Gasteiger partial charge on any atom is -0.455 e. The highest BCUT2D eigenvalue weighted by Crippen LogP contribution is 2.25. The Morgan fingerprint density at radius 1 is 1.33 bits per heavy atom.